The molecule has 5 rings (SSSR count). The number of carbonyl (C=O) groups excluding carboxylic acids is 2. The van der Waals surface area contributed by atoms with Crippen LogP contribution in [-0.2, 0) is 4.74 Å². The predicted octanol–water partition coefficient (Wildman–Crippen LogP) is 3.77. The van der Waals surface area contributed by atoms with Crippen LogP contribution in [0.1, 0.15) is 30.0 Å². The second-order valence-corrected chi connectivity index (χ2v) is 9.70. The zero-order chi connectivity index (χ0) is 31.4. The number of halogens is 1. The van der Waals surface area contributed by atoms with Crippen LogP contribution >= 0.6 is 11.3 Å². The zero-order valence-corrected chi connectivity index (χ0v) is 22.8. The first-order valence-corrected chi connectivity index (χ1v) is 13.3. The summed E-state index contributed by atoms with van der Waals surface area (Å²) in [5.74, 6) is -0.913. The molecule has 212 valence electrons. The average molecular weight is 582 g/mol. The molecule has 4 heterocycles. The van der Waals surface area contributed by atoms with Gasteiger partial charge in [-0.05, 0) is 30.7 Å². The van der Waals surface area contributed by atoms with Gasteiger partial charge in [0.25, 0.3) is 11.8 Å². The number of nitrogens with one attached hydrogen (secondary N) is 3. The van der Waals surface area contributed by atoms with Gasteiger partial charge in [-0.2, -0.15) is 0 Å². The van der Waals surface area contributed by atoms with E-state index < -0.39 is 18.7 Å². The molecule has 14 heteroatoms. The third kappa shape index (κ3) is 6.07. The van der Waals surface area contributed by atoms with Crippen LogP contribution in [0.2, 0.25) is 0 Å². The predicted molar refractivity (Wildman–Crippen MR) is 152 cm³/mol. The summed E-state index contributed by atoms with van der Waals surface area (Å²) < 4.78 is 47.1. The fourth-order valence-corrected chi connectivity index (χ4v) is 4.90. The highest BCUT2D eigenvalue weighted by atomic mass is 32.1. The maximum absolute atomic E-state index is 13.7. The van der Waals surface area contributed by atoms with Crippen molar-refractivity contribution in [2.75, 3.05) is 51.0 Å². The van der Waals surface area contributed by atoms with Crippen molar-refractivity contribution in [2.24, 2.45) is 0 Å². The summed E-state index contributed by atoms with van der Waals surface area (Å²) in [7, 11) is 1.46. The van der Waals surface area contributed by atoms with Gasteiger partial charge in [0.2, 0.25) is 0 Å². The van der Waals surface area contributed by atoms with Crippen molar-refractivity contribution in [3.63, 3.8) is 0 Å². The topological polar surface area (TPSA) is 143 Å². The Morgan fingerprint density at radius 2 is 1.98 bits per heavy atom. The molecule has 41 heavy (non-hydrogen) atoms. The Labute approximate surface area is 243 Å². The minimum absolute atomic E-state index is 0.0833. The number of aryl methyl sites for hydroxylation is 1. The minimum atomic E-state index is -2.78. The maximum atomic E-state index is 13.7. The largest absolute Gasteiger partial charge is 0.494 e. The van der Waals surface area contributed by atoms with Crippen LogP contribution in [-0.4, -0.2) is 77.3 Å². The Balaban J connectivity index is 1.48. The molecule has 2 amide bonds. The monoisotopic (exact) mass is 581 g/mol. The van der Waals surface area contributed by atoms with E-state index in [1.807, 2.05) is 5.32 Å². The van der Waals surface area contributed by atoms with Crippen molar-refractivity contribution < 1.29 is 27.6 Å². The van der Waals surface area contributed by atoms with Gasteiger partial charge in [-0.25, -0.2) is 14.4 Å². The Morgan fingerprint density at radius 3 is 2.73 bits per heavy atom. The second-order valence-electron chi connectivity index (χ2n) is 8.84. The number of nitrogens with zero attached hydrogens (tertiary/aromatic N) is 5. The van der Waals surface area contributed by atoms with Crippen LogP contribution in [0.15, 0.2) is 41.9 Å². The first-order valence-electron chi connectivity index (χ1n) is 13.9. The van der Waals surface area contributed by atoms with Crippen LogP contribution < -0.4 is 20.7 Å². The molecule has 4 aromatic rings. The van der Waals surface area contributed by atoms with Gasteiger partial charge in [0.1, 0.15) is 11.6 Å². The summed E-state index contributed by atoms with van der Waals surface area (Å²) in [4.78, 5) is 36.1. The van der Waals surface area contributed by atoms with E-state index in [9.17, 15) is 14.0 Å². The lowest BCUT2D eigenvalue weighted by atomic mass is 10.1. The smallest absolute Gasteiger partial charge is 0.283 e. The molecule has 3 N–H and O–H groups in total. The molecule has 0 spiro atoms. The second kappa shape index (κ2) is 12.2. The molecule has 0 unspecified atom stereocenters. The number of aromatic nitrogens is 4. The number of morpholine rings is 1. The molecule has 1 aliphatic heterocycles. The van der Waals surface area contributed by atoms with E-state index in [1.165, 1.54) is 30.6 Å². The fourth-order valence-electron chi connectivity index (χ4n) is 4.11. The highest BCUT2D eigenvalue weighted by Crippen LogP contribution is 2.39. The van der Waals surface area contributed by atoms with Gasteiger partial charge < -0.3 is 30.3 Å². The molecule has 0 saturated carbocycles. The zero-order valence-electron chi connectivity index (χ0n) is 25.0. The summed E-state index contributed by atoms with van der Waals surface area (Å²) in [6.07, 6.45) is 1.05. The highest BCUT2D eigenvalue weighted by molar-refractivity contribution is 7.12. The van der Waals surface area contributed by atoms with E-state index in [0.29, 0.717) is 59.6 Å². The number of anilines is 4. The highest BCUT2D eigenvalue weighted by Gasteiger charge is 2.23. The first kappa shape index (κ1) is 24.1. The molecule has 1 fully saturated rings. The van der Waals surface area contributed by atoms with Crippen LogP contribution in [0.25, 0.3) is 11.3 Å². The Bertz CT molecular complexity index is 1700. The summed E-state index contributed by atoms with van der Waals surface area (Å²) in [6, 6.07) is 8.07. The molecule has 0 bridgehead atoms. The van der Waals surface area contributed by atoms with Gasteiger partial charge in [0, 0.05) is 41.2 Å². The molecular weight excluding hydrogens is 551 g/mol. The molecule has 0 atom stereocenters. The van der Waals surface area contributed by atoms with Crippen LogP contribution in [0.5, 0.6) is 5.75 Å². The SMILES string of the molecule is [2H]C([2H])([2H])NC(=O)c1nnc(Nc2cc(C)c(F)cn2)cc1Nc1cccc(-c2csc(C(=O)N3CCOCC3)n2)c1OC. The average Bonchev–Trinajstić information content (AvgIpc) is 3.48. The number of rotatable bonds is 8. The molecule has 1 aromatic carbocycles. The van der Waals surface area contributed by atoms with Crippen molar-refractivity contribution in [3.05, 3.63) is 64.0 Å². The summed E-state index contributed by atoms with van der Waals surface area (Å²) >= 11 is 1.21. The fraction of sp³-hybridized carbons (Fsp3) is 0.259. The number of carbonyl (C=O) groups is 2. The lowest BCUT2D eigenvalue weighted by Crippen LogP contribution is -2.40. The third-order valence-corrected chi connectivity index (χ3v) is 7.01. The number of methoxy groups -OCH3 is 1. The number of pyridine rings is 1. The van der Waals surface area contributed by atoms with Gasteiger partial charge in [-0.1, -0.05) is 6.07 Å². The van der Waals surface area contributed by atoms with E-state index in [-0.39, 0.29) is 28.9 Å². The summed E-state index contributed by atoms with van der Waals surface area (Å²) in [5.41, 5.74) is 1.57. The van der Waals surface area contributed by atoms with Crippen LogP contribution in [0.3, 0.4) is 0 Å². The van der Waals surface area contributed by atoms with Gasteiger partial charge >= 0.3 is 0 Å². The normalized spacial score (nSPS) is 14.4. The number of amides is 2. The number of benzene rings is 1. The van der Waals surface area contributed by atoms with Crippen LogP contribution in [0, 0.1) is 12.7 Å². The number of ether oxygens (including phenoxy) is 2. The standard InChI is InChI=1S/C27H27FN8O4S/c1-15-11-21(30-13-17(15)28)33-22-12-19(23(35-34-22)25(37)29-2)31-18-6-4-5-16(24(18)39-3)20-14-41-26(32-20)27(38)36-7-9-40-10-8-36/h4-6,11-14H,7-10H2,1-3H3,(H,29,37)(H2,30,31,33,34)/i2D3. The van der Waals surface area contributed by atoms with Gasteiger partial charge in [0.15, 0.2) is 22.3 Å². The van der Waals surface area contributed by atoms with Crippen molar-refractivity contribution in [1.29, 1.82) is 0 Å². The lowest BCUT2D eigenvalue weighted by molar-refractivity contribution is 0.0302. The van der Waals surface area contributed by atoms with Crippen molar-refractivity contribution in [2.45, 2.75) is 6.92 Å². The maximum Gasteiger partial charge on any atom is 0.283 e. The Kier molecular flexibility index (Phi) is 7.20. The molecule has 1 saturated heterocycles. The minimum Gasteiger partial charge on any atom is -0.494 e. The van der Waals surface area contributed by atoms with Crippen molar-refractivity contribution in [1.82, 2.24) is 30.4 Å². The van der Waals surface area contributed by atoms with Crippen LogP contribution in [0.4, 0.5) is 27.4 Å². The quantitative estimate of drug-likeness (QED) is 0.281. The number of hydrogen-bond acceptors (Lipinski definition) is 11. The summed E-state index contributed by atoms with van der Waals surface area (Å²) in [6.45, 7) is 0.717. The van der Waals surface area contributed by atoms with E-state index in [4.69, 9.17) is 13.6 Å². The van der Waals surface area contributed by atoms with Crippen molar-refractivity contribution in [3.8, 4) is 17.0 Å². The molecular formula is C27H27FN8O4S. The first-order chi connectivity index (χ1) is 21.0. The van der Waals surface area contributed by atoms with E-state index >= 15 is 0 Å². The lowest BCUT2D eigenvalue weighted by Gasteiger charge is -2.25. The van der Waals surface area contributed by atoms with Gasteiger partial charge in [-0.3, -0.25) is 9.59 Å². The molecule has 12 nitrogen and oxygen atoms in total. The van der Waals surface area contributed by atoms with Crippen molar-refractivity contribution >= 4 is 46.2 Å². The number of para-hydroxylation sites is 1. The van der Waals surface area contributed by atoms with E-state index in [1.54, 1.807) is 35.4 Å². The Hall–Kier alpha value is -4.69. The Morgan fingerprint density at radius 1 is 1.15 bits per heavy atom. The number of hydrogen-bond donors (Lipinski definition) is 3. The molecule has 0 radical (unpaired) electrons. The van der Waals surface area contributed by atoms with Gasteiger partial charge in [0.05, 0.1) is 43.6 Å². The van der Waals surface area contributed by atoms with E-state index in [2.05, 4.69) is 30.8 Å². The molecule has 1 aliphatic rings. The summed E-state index contributed by atoms with van der Waals surface area (Å²) in [5, 5.41) is 17.9. The third-order valence-electron chi connectivity index (χ3n) is 6.18. The number of thiazole rings is 1. The van der Waals surface area contributed by atoms with E-state index in [0.717, 1.165) is 6.20 Å². The molecule has 3 aromatic heterocycles. The molecule has 0 aliphatic carbocycles. The van der Waals surface area contributed by atoms with Gasteiger partial charge in [-0.15, -0.1) is 21.5 Å².